The first kappa shape index (κ1) is 19.6. The van der Waals surface area contributed by atoms with E-state index < -0.39 is 36.5 Å². The van der Waals surface area contributed by atoms with Gasteiger partial charge in [0.15, 0.2) is 6.61 Å². The van der Waals surface area contributed by atoms with Gasteiger partial charge in [0.25, 0.3) is 5.78 Å². The Morgan fingerprint density at radius 3 is 2.58 bits per heavy atom. The number of Topliss-reactive ketones (excluding diaryl/α,β-unsaturated/α-hetero) is 1. The lowest BCUT2D eigenvalue weighted by Crippen LogP contribution is -2.41. The van der Waals surface area contributed by atoms with E-state index in [1.54, 1.807) is 6.92 Å². The molecular weight excluding hydrogens is 361 g/mol. The Kier molecular flexibility index (Phi) is 7.91. The standard InChI is InChI=1S/C14H13Cl2N3O5/c1-2-23-12(21)6-18-14(22)13(19-17)10(20)7-24-11-4-3-8(15)5-9(11)16/h3-5,17H,2,6-7H2,1H3/p+1. The van der Waals surface area contributed by atoms with Crippen LogP contribution in [0.5, 0.6) is 5.75 Å². The van der Waals surface area contributed by atoms with Gasteiger partial charge in [-0.3, -0.25) is 14.4 Å². The van der Waals surface area contributed by atoms with Crippen LogP contribution < -0.4 is 10.1 Å². The van der Waals surface area contributed by atoms with E-state index in [4.69, 9.17) is 33.5 Å². The van der Waals surface area contributed by atoms with Gasteiger partial charge in [0.2, 0.25) is 0 Å². The van der Waals surface area contributed by atoms with E-state index in [9.17, 15) is 14.4 Å². The highest BCUT2D eigenvalue weighted by molar-refractivity contribution is 6.64. The molecule has 0 heterocycles. The van der Waals surface area contributed by atoms with Gasteiger partial charge in [0.1, 0.15) is 12.3 Å². The van der Waals surface area contributed by atoms with Crippen LogP contribution in [0.2, 0.25) is 10.0 Å². The molecular formula is C14H14Cl2N3O5+. The molecule has 0 spiro atoms. The first-order valence-electron chi connectivity index (χ1n) is 6.68. The minimum atomic E-state index is -0.978. The minimum absolute atomic E-state index is 0.155. The summed E-state index contributed by atoms with van der Waals surface area (Å²) in [6, 6.07) is 4.39. The Hall–Kier alpha value is -2.41. The summed E-state index contributed by atoms with van der Waals surface area (Å²) in [5.74, 6) is -2.32. The van der Waals surface area contributed by atoms with Crippen molar-refractivity contribution >= 4 is 46.6 Å². The van der Waals surface area contributed by atoms with Crippen LogP contribution in [0.25, 0.3) is 0 Å². The number of carbonyl (C=O) groups excluding carboxylic acids is 3. The summed E-state index contributed by atoms with van der Waals surface area (Å²) in [5, 5.41) is 2.71. The monoisotopic (exact) mass is 374 g/mol. The summed E-state index contributed by atoms with van der Waals surface area (Å²) in [5.41, 5.74) is 6.23. The molecule has 8 nitrogen and oxygen atoms in total. The summed E-state index contributed by atoms with van der Waals surface area (Å²) < 4.78 is 9.79. The lowest BCUT2D eigenvalue weighted by molar-refractivity contribution is -0.148. The molecule has 0 aliphatic carbocycles. The third-order valence-corrected chi connectivity index (χ3v) is 3.07. The van der Waals surface area contributed by atoms with Crippen molar-refractivity contribution in [3.05, 3.63) is 28.2 Å². The Morgan fingerprint density at radius 2 is 2.00 bits per heavy atom. The predicted molar refractivity (Wildman–Crippen MR) is 84.6 cm³/mol. The van der Waals surface area contributed by atoms with Crippen molar-refractivity contribution in [3.63, 3.8) is 0 Å². The normalized spacial score (nSPS) is 9.62. The zero-order chi connectivity index (χ0) is 18.1. The Bertz CT molecular complexity index is 702. The van der Waals surface area contributed by atoms with Crippen LogP contribution in [0.4, 0.5) is 0 Å². The second kappa shape index (κ2) is 9.67. The van der Waals surface area contributed by atoms with E-state index in [-0.39, 0.29) is 17.4 Å². The van der Waals surface area contributed by atoms with Crippen molar-refractivity contribution in [2.24, 2.45) is 0 Å². The number of ketones is 1. The van der Waals surface area contributed by atoms with Gasteiger partial charge in [-0.15, -0.1) is 0 Å². The summed E-state index contributed by atoms with van der Waals surface area (Å²) >= 11 is 11.6. The molecule has 1 aromatic rings. The molecule has 1 amide bonds. The molecule has 128 valence electrons. The van der Waals surface area contributed by atoms with Crippen LogP contribution in [0.1, 0.15) is 6.92 Å². The third-order valence-electron chi connectivity index (χ3n) is 2.54. The van der Waals surface area contributed by atoms with Crippen LogP contribution in [0, 0.1) is 5.53 Å². The minimum Gasteiger partial charge on any atom is -0.484 e. The second-order valence-corrected chi connectivity index (χ2v) is 5.08. The highest BCUT2D eigenvalue weighted by Crippen LogP contribution is 2.27. The Morgan fingerprint density at radius 1 is 1.29 bits per heavy atom. The van der Waals surface area contributed by atoms with Crippen LogP contribution in [-0.2, 0) is 19.1 Å². The molecule has 0 aliphatic heterocycles. The largest absolute Gasteiger partial charge is 0.484 e. The summed E-state index contributed by atoms with van der Waals surface area (Å²) in [7, 11) is 0. The van der Waals surface area contributed by atoms with Gasteiger partial charge >= 0.3 is 17.6 Å². The van der Waals surface area contributed by atoms with Gasteiger partial charge in [0.05, 0.1) is 22.0 Å². The fraction of sp³-hybridized carbons (Fsp3) is 0.286. The average Bonchev–Trinajstić information content (AvgIpc) is 2.53. The van der Waals surface area contributed by atoms with E-state index in [0.29, 0.717) is 5.02 Å². The highest BCUT2D eigenvalue weighted by Gasteiger charge is 2.32. The van der Waals surface area contributed by atoms with Gasteiger partial charge in [-0.2, -0.15) is 0 Å². The molecule has 0 saturated heterocycles. The van der Waals surface area contributed by atoms with Crippen molar-refractivity contribution in [1.82, 2.24) is 5.32 Å². The average molecular weight is 375 g/mol. The molecule has 1 aromatic carbocycles. The first-order valence-corrected chi connectivity index (χ1v) is 7.43. The van der Waals surface area contributed by atoms with Crippen LogP contribution >= 0.6 is 23.2 Å². The quantitative estimate of drug-likeness (QED) is 0.233. The third kappa shape index (κ3) is 6.00. The molecule has 0 unspecified atom stereocenters. The second-order valence-electron chi connectivity index (χ2n) is 4.23. The van der Waals surface area contributed by atoms with Gasteiger partial charge < -0.3 is 14.8 Å². The van der Waals surface area contributed by atoms with E-state index >= 15 is 0 Å². The molecule has 0 fully saturated rings. The van der Waals surface area contributed by atoms with E-state index in [1.165, 1.54) is 18.2 Å². The number of ether oxygens (including phenoxy) is 2. The molecule has 0 radical (unpaired) electrons. The number of hydrogen-bond donors (Lipinski definition) is 2. The van der Waals surface area contributed by atoms with Crippen molar-refractivity contribution in [2.75, 3.05) is 19.8 Å². The lowest BCUT2D eigenvalue weighted by Gasteiger charge is -2.06. The molecule has 1 rings (SSSR count). The van der Waals surface area contributed by atoms with E-state index in [0.717, 1.165) is 0 Å². The van der Waals surface area contributed by atoms with Gasteiger partial charge in [-0.1, -0.05) is 23.2 Å². The molecule has 10 heteroatoms. The van der Waals surface area contributed by atoms with Crippen molar-refractivity contribution in [2.45, 2.75) is 6.92 Å². The lowest BCUT2D eigenvalue weighted by atomic mass is 10.2. The number of nitrogens with zero attached hydrogens (tertiary/aromatic N) is 1. The molecule has 0 saturated carbocycles. The van der Waals surface area contributed by atoms with Crippen LogP contribution in [-0.4, -0.2) is 47.9 Å². The number of nitrogens with one attached hydrogen (secondary N) is 2. The first-order chi connectivity index (χ1) is 11.4. The van der Waals surface area contributed by atoms with Gasteiger partial charge in [-0.25, -0.2) is 0 Å². The van der Waals surface area contributed by atoms with Crippen molar-refractivity contribution < 1.29 is 28.6 Å². The Labute approximate surface area is 147 Å². The molecule has 0 bridgehead atoms. The molecule has 0 aliphatic rings. The fourth-order valence-electron chi connectivity index (χ4n) is 1.49. The smallest absolute Gasteiger partial charge is 0.474 e. The van der Waals surface area contributed by atoms with Crippen LogP contribution in [0.3, 0.4) is 0 Å². The summed E-state index contributed by atoms with van der Waals surface area (Å²) in [6.45, 7) is 0.761. The van der Waals surface area contributed by atoms with Crippen molar-refractivity contribution in [1.29, 1.82) is 5.53 Å². The van der Waals surface area contributed by atoms with Gasteiger partial charge in [-0.05, 0) is 25.1 Å². The number of benzene rings is 1. The maximum atomic E-state index is 11.9. The number of hydrogen-bond acceptors (Lipinski definition) is 6. The number of amides is 1. The molecule has 0 aromatic heterocycles. The van der Waals surface area contributed by atoms with Crippen LogP contribution in [0.15, 0.2) is 18.2 Å². The predicted octanol–water partition coefficient (Wildman–Crippen LogP) is 1.30. The maximum absolute atomic E-state index is 11.9. The number of esters is 1. The number of carbonyl (C=O) groups is 3. The highest BCUT2D eigenvalue weighted by atomic mass is 35.5. The zero-order valence-corrected chi connectivity index (χ0v) is 14.1. The topological polar surface area (TPSA) is 120 Å². The number of halogens is 2. The zero-order valence-electron chi connectivity index (χ0n) is 12.6. The maximum Gasteiger partial charge on any atom is 0.474 e. The fourth-order valence-corrected chi connectivity index (χ4v) is 1.95. The SMILES string of the molecule is CCOC(=O)CNC(=O)C(=[N+]=N)C(=O)COc1ccc(Cl)cc1Cl. The summed E-state index contributed by atoms with van der Waals surface area (Å²) in [4.78, 5) is 37.7. The molecule has 2 N–H and O–H groups in total. The molecule has 0 atom stereocenters. The number of rotatable bonds is 8. The molecule has 24 heavy (non-hydrogen) atoms. The van der Waals surface area contributed by atoms with E-state index in [1.807, 2.05) is 0 Å². The van der Waals surface area contributed by atoms with E-state index in [2.05, 4.69) is 14.8 Å². The summed E-state index contributed by atoms with van der Waals surface area (Å²) in [6.07, 6.45) is 0. The van der Waals surface area contributed by atoms with Gasteiger partial charge in [0, 0.05) is 5.02 Å². The Balaban J connectivity index is 2.62. The van der Waals surface area contributed by atoms with Crippen molar-refractivity contribution in [3.8, 4) is 5.75 Å².